The molecule has 0 atom stereocenters. The summed E-state index contributed by atoms with van der Waals surface area (Å²) in [5, 5.41) is 17.6. The van der Waals surface area contributed by atoms with E-state index in [0.717, 1.165) is 27.4 Å². The number of aromatic nitrogens is 3. The van der Waals surface area contributed by atoms with Gasteiger partial charge >= 0.3 is 0 Å². The van der Waals surface area contributed by atoms with Gasteiger partial charge in [-0.3, -0.25) is 15.1 Å². The molecule has 29 heavy (non-hydrogen) atoms. The topological polar surface area (TPSA) is 73.8 Å². The van der Waals surface area contributed by atoms with Crippen LogP contribution >= 0.6 is 0 Å². The van der Waals surface area contributed by atoms with E-state index >= 15 is 0 Å². The standard InChI is InChI=1S/C22H13FN4O2/c23-15-10-8-14(9-11-15)21-19-13-24-20-7-2-1-6-18(20)22(19)26(25-21)16-4-3-5-17(12-16)27(28)29/h1-13H. The number of nitrogens with zero attached hydrogens (tertiary/aromatic N) is 4. The highest BCUT2D eigenvalue weighted by atomic mass is 19.1. The smallest absolute Gasteiger partial charge is 0.258 e. The molecule has 5 aromatic rings. The Morgan fingerprint density at radius 3 is 2.52 bits per heavy atom. The summed E-state index contributed by atoms with van der Waals surface area (Å²) in [6, 6.07) is 20.0. The molecule has 0 bridgehead atoms. The number of rotatable bonds is 3. The molecule has 6 nitrogen and oxygen atoms in total. The van der Waals surface area contributed by atoms with Gasteiger partial charge in [-0.25, -0.2) is 9.07 Å². The van der Waals surface area contributed by atoms with Crippen LogP contribution in [-0.2, 0) is 0 Å². The van der Waals surface area contributed by atoms with Crippen LogP contribution in [-0.4, -0.2) is 19.7 Å². The van der Waals surface area contributed by atoms with Gasteiger partial charge in [0.05, 0.1) is 21.6 Å². The van der Waals surface area contributed by atoms with Crippen molar-refractivity contribution in [3.8, 4) is 16.9 Å². The Kier molecular flexibility index (Phi) is 3.80. The predicted octanol–water partition coefficient (Wildman–Crippen LogP) is 5.29. The van der Waals surface area contributed by atoms with Crippen molar-refractivity contribution in [1.29, 1.82) is 0 Å². The molecule has 140 valence electrons. The van der Waals surface area contributed by atoms with Crippen LogP contribution in [0.15, 0.2) is 79.0 Å². The molecule has 0 saturated heterocycles. The summed E-state index contributed by atoms with van der Waals surface area (Å²) in [7, 11) is 0. The summed E-state index contributed by atoms with van der Waals surface area (Å²) in [6.45, 7) is 0. The zero-order valence-electron chi connectivity index (χ0n) is 15.0. The van der Waals surface area contributed by atoms with Crippen molar-refractivity contribution in [1.82, 2.24) is 14.8 Å². The fourth-order valence-electron chi connectivity index (χ4n) is 3.48. The highest BCUT2D eigenvalue weighted by Crippen LogP contribution is 2.34. The van der Waals surface area contributed by atoms with Crippen molar-refractivity contribution in [2.45, 2.75) is 0 Å². The zero-order valence-corrected chi connectivity index (χ0v) is 15.0. The average molecular weight is 384 g/mol. The van der Waals surface area contributed by atoms with Crippen molar-refractivity contribution in [3.05, 3.63) is 94.9 Å². The number of para-hydroxylation sites is 1. The lowest BCUT2D eigenvalue weighted by Gasteiger charge is -2.05. The molecule has 2 heterocycles. The first-order valence-corrected chi connectivity index (χ1v) is 8.89. The molecular formula is C22H13FN4O2. The fourth-order valence-corrected chi connectivity index (χ4v) is 3.48. The second-order valence-electron chi connectivity index (χ2n) is 6.58. The second-order valence-corrected chi connectivity index (χ2v) is 6.58. The number of hydrogen-bond acceptors (Lipinski definition) is 4. The minimum absolute atomic E-state index is 0.0205. The molecule has 0 N–H and O–H groups in total. The van der Waals surface area contributed by atoms with Gasteiger partial charge < -0.3 is 0 Å². The predicted molar refractivity (Wildman–Crippen MR) is 108 cm³/mol. The third-order valence-corrected chi connectivity index (χ3v) is 4.82. The highest BCUT2D eigenvalue weighted by molar-refractivity contribution is 6.08. The molecule has 0 aliphatic carbocycles. The van der Waals surface area contributed by atoms with Gasteiger partial charge in [0.2, 0.25) is 0 Å². The lowest BCUT2D eigenvalue weighted by Crippen LogP contribution is -1.98. The van der Waals surface area contributed by atoms with Crippen LogP contribution in [0.2, 0.25) is 0 Å². The Balaban J connectivity index is 1.87. The molecule has 0 saturated carbocycles. The molecule has 0 aliphatic heterocycles. The number of halogens is 1. The van der Waals surface area contributed by atoms with E-state index in [4.69, 9.17) is 5.10 Å². The fraction of sp³-hybridized carbons (Fsp3) is 0. The van der Waals surface area contributed by atoms with Crippen molar-refractivity contribution < 1.29 is 9.31 Å². The highest BCUT2D eigenvalue weighted by Gasteiger charge is 2.18. The van der Waals surface area contributed by atoms with E-state index in [2.05, 4.69) is 4.98 Å². The van der Waals surface area contributed by atoms with Crippen LogP contribution in [0.3, 0.4) is 0 Å². The lowest BCUT2D eigenvalue weighted by atomic mass is 10.1. The summed E-state index contributed by atoms with van der Waals surface area (Å²) in [5.74, 6) is -0.334. The van der Waals surface area contributed by atoms with Crippen LogP contribution in [0.5, 0.6) is 0 Å². The third kappa shape index (κ3) is 2.80. The van der Waals surface area contributed by atoms with Crippen molar-refractivity contribution in [2.24, 2.45) is 0 Å². The molecule has 3 aromatic carbocycles. The monoisotopic (exact) mass is 384 g/mol. The number of fused-ring (bicyclic) bond motifs is 3. The molecule has 2 aromatic heterocycles. The maximum atomic E-state index is 13.4. The minimum Gasteiger partial charge on any atom is -0.258 e. The van der Waals surface area contributed by atoms with Crippen molar-refractivity contribution >= 4 is 27.5 Å². The van der Waals surface area contributed by atoms with Crippen LogP contribution in [0, 0.1) is 15.9 Å². The van der Waals surface area contributed by atoms with Crippen molar-refractivity contribution in [3.63, 3.8) is 0 Å². The summed E-state index contributed by atoms with van der Waals surface area (Å²) >= 11 is 0. The van der Waals surface area contributed by atoms with E-state index in [1.54, 1.807) is 35.1 Å². The van der Waals surface area contributed by atoms with E-state index in [-0.39, 0.29) is 11.5 Å². The molecule has 0 amide bonds. The molecular weight excluding hydrogens is 371 g/mol. The minimum atomic E-state index is -0.435. The summed E-state index contributed by atoms with van der Waals surface area (Å²) < 4.78 is 15.1. The van der Waals surface area contributed by atoms with Crippen LogP contribution in [0.25, 0.3) is 38.8 Å². The van der Waals surface area contributed by atoms with E-state index in [1.807, 2.05) is 24.3 Å². The number of nitro groups is 1. The zero-order chi connectivity index (χ0) is 20.0. The Hall–Kier alpha value is -4.13. The van der Waals surface area contributed by atoms with Gasteiger partial charge in [0.15, 0.2) is 0 Å². The average Bonchev–Trinajstić information content (AvgIpc) is 3.14. The number of benzene rings is 3. The van der Waals surface area contributed by atoms with E-state index in [0.29, 0.717) is 11.4 Å². The van der Waals surface area contributed by atoms with Gasteiger partial charge in [-0.2, -0.15) is 5.10 Å². The normalized spacial score (nSPS) is 11.2. The lowest BCUT2D eigenvalue weighted by molar-refractivity contribution is -0.384. The second kappa shape index (κ2) is 6.49. The first kappa shape index (κ1) is 17.0. The number of nitro benzene ring substituents is 1. The Morgan fingerprint density at radius 1 is 0.931 bits per heavy atom. The quantitative estimate of drug-likeness (QED) is 0.313. The first-order chi connectivity index (χ1) is 14.1. The summed E-state index contributed by atoms with van der Waals surface area (Å²) in [5.41, 5.74) is 3.48. The third-order valence-electron chi connectivity index (χ3n) is 4.82. The molecule has 0 aliphatic rings. The summed E-state index contributed by atoms with van der Waals surface area (Å²) in [4.78, 5) is 15.3. The largest absolute Gasteiger partial charge is 0.271 e. The Labute approximate surface area is 164 Å². The van der Waals surface area contributed by atoms with E-state index in [9.17, 15) is 14.5 Å². The molecule has 0 unspecified atom stereocenters. The van der Waals surface area contributed by atoms with Crippen LogP contribution in [0.1, 0.15) is 0 Å². The summed E-state index contributed by atoms with van der Waals surface area (Å²) in [6.07, 6.45) is 1.73. The molecule has 0 radical (unpaired) electrons. The van der Waals surface area contributed by atoms with Gasteiger partial charge in [-0.15, -0.1) is 0 Å². The SMILES string of the molecule is O=[N+]([O-])c1cccc(-n2nc(-c3ccc(F)cc3)c3cnc4ccccc4c32)c1. The molecule has 7 heteroatoms. The van der Waals surface area contributed by atoms with Gasteiger partial charge in [-0.1, -0.05) is 24.3 Å². The maximum absolute atomic E-state index is 13.4. The van der Waals surface area contributed by atoms with Gasteiger partial charge in [0, 0.05) is 34.7 Å². The van der Waals surface area contributed by atoms with Gasteiger partial charge in [0.25, 0.3) is 5.69 Å². The maximum Gasteiger partial charge on any atom is 0.271 e. The number of pyridine rings is 1. The molecule has 0 fully saturated rings. The number of hydrogen-bond donors (Lipinski definition) is 0. The van der Waals surface area contributed by atoms with Gasteiger partial charge in [0.1, 0.15) is 11.5 Å². The Bertz CT molecular complexity index is 1390. The first-order valence-electron chi connectivity index (χ1n) is 8.89. The number of non-ortho nitro benzene ring substituents is 1. The molecule has 5 rings (SSSR count). The van der Waals surface area contributed by atoms with Crippen LogP contribution in [0.4, 0.5) is 10.1 Å². The Morgan fingerprint density at radius 2 is 1.72 bits per heavy atom. The van der Waals surface area contributed by atoms with Crippen LogP contribution < -0.4 is 0 Å². The van der Waals surface area contributed by atoms with Crippen molar-refractivity contribution in [2.75, 3.05) is 0 Å². The van der Waals surface area contributed by atoms with E-state index in [1.165, 1.54) is 24.3 Å². The van der Waals surface area contributed by atoms with Gasteiger partial charge in [-0.05, 0) is 36.4 Å². The van der Waals surface area contributed by atoms with E-state index < -0.39 is 4.92 Å². The molecule has 0 spiro atoms.